The van der Waals surface area contributed by atoms with Gasteiger partial charge in [-0.3, -0.25) is 0 Å². The van der Waals surface area contributed by atoms with Crippen LogP contribution in [0.4, 0.5) is 5.95 Å². The Bertz CT molecular complexity index is 852. The SMILES string of the molecule is Cc1cc(-c2cnc(N3CCOCC3)nc2-c2ccc(C)s2)on1. The van der Waals surface area contributed by atoms with Gasteiger partial charge in [-0.25, -0.2) is 9.97 Å². The van der Waals surface area contributed by atoms with Crippen molar-refractivity contribution in [2.24, 2.45) is 0 Å². The maximum Gasteiger partial charge on any atom is 0.226 e. The minimum absolute atomic E-state index is 0.696. The van der Waals surface area contributed by atoms with Crippen LogP contribution in [0.3, 0.4) is 0 Å². The van der Waals surface area contributed by atoms with Gasteiger partial charge in [0.15, 0.2) is 5.76 Å². The third-order valence-electron chi connectivity index (χ3n) is 3.94. The summed E-state index contributed by atoms with van der Waals surface area (Å²) in [6, 6.07) is 6.11. The van der Waals surface area contributed by atoms with Crippen LogP contribution in [0.5, 0.6) is 0 Å². The molecule has 0 unspecified atom stereocenters. The van der Waals surface area contributed by atoms with Crippen molar-refractivity contribution >= 4 is 17.3 Å². The number of anilines is 1. The van der Waals surface area contributed by atoms with E-state index in [4.69, 9.17) is 14.2 Å². The highest BCUT2D eigenvalue weighted by Crippen LogP contribution is 2.35. The molecule has 0 amide bonds. The van der Waals surface area contributed by atoms with Gasteiger partial charge < -0.3 is 14.2 Å². The van der Waals surface area contributed by atoms with Gasteiger partial charge in [0.05, 0.1) is 35.0 Å². The van der Waals surface area contributed by atoms with Gasteiger partial charge in [0.25, 0.3) is 0 Å². The third-order valence-corrected chi connectivity index (χ3v) is 4.94. The summed E-state index contributed by atoms with van der Waals surface area (Å²) in [4.78, 5) is 13.9. The molecule has 0 aliphatic carbocycles. The second kappa shape index (κ2) is 6.33. The van der Waals surface area contributed by atoms with Crippen molar-refractivity contribution in [1.82, 2.24) is 15.1 Å². The minimum Gasteiger partial charge on any atom is -0.378 e. The Morgan fingerprint density at radius 2 is 2.00 bits per heavy atom. The Labute approximate surface area is 144 Å². The number of morpholine rings is 1. The molecule has 0 radical (unpaired) electrons. The summed E-state index contributed by atoms with van der Waals surface area (Å²) < 4.78 is 10.9. The smallest absolute Gasteiger partial charge is 0.226 e. The van der Waals surface area contributed by atoms with Crippen molar-refractivity contribution in [3.8, 4) is 21.9 Å². The molecule has 0 spiro atoms. The maximum atomic E-state index is 5.45. The van der Waals surface area contributed by atoms with Crippen LogP contribution in [-0.4, -0.2) is 41.4 Å². The lowest BCUT2D eigenvalue weighted by Gasteiger charge is -2.27. The van der Waals surface area contributed by atoms with Crippen LogP contribution in [0.25, 0.3) is 21.9 Å². The number of nitrogens with zero attached hydrogens (tertiary/aromatic N) is 4. The Morgan fingerprint density at radius 3 is 2.67 bits per heavy atom. The predicted octanol–water partition coefficient (Wildman–Crippen LogP) is 3.31. The van der Waals surface area contributed by atoms with Crippen molar-refractivity contribution in [3.05, 3.63) is 35.0 Å². The molecule has 4 rings (SSSR count). The van der Waals surface area contributed by atoms with Gasteiger partial charge >= 0.3 is 0 Å². The Morgan fingerprint density at radius 1 is 1.17 bits per heavy atom. The van der Waals surface area contributed by atoms with Gasteiger partial charge in [0.1, 0.15) is 0 Å². The quantitative estimate of drug-likeness (QED) is 0.727. The van der Waals surface area contributed by atoms with Crippen LogP contribution >= 0.6 is 11.3 Å². The first-order valence-electron chi connectivity index (χ1n) is 7.91. The summed E-state index contributed by atoms with van der Waals surface area (Å²) in [7, 11) is 0. The molecule has 6 nitrogen and oxygen atoms in total. The molecule has 3 aromatic rings. The molecule has 0 atom stereocenters. The Balaban J connectivity index is 1.81. The summed E-state index contributed by atoms with van der Waals surface area (Å²) in [5.74, 6) is 1.43. The molecule has 7 heteroatoms. The molecule has 24 heavy (non-hydrogen) atoms. The van der Waals surface area contributed by atoms with Crippen LogP contribution in [0, 0.1) is 13.8 Å². The summed E-state index contributed by atoms with van der Waals surface area (Å²) >= 11 is 1.72. The Hall–Kier alpha value is -2.25. The van der Waals surface area contributed by atoms with Crippen molar-refractivity contribution in [2.75, 3.05) is 31.2 Å². The number of ether oxygens (including phenoxy) is 1. The van der Waals surface area contributed by atoms with Crippen molar-refractivity contribution < 1.29 is 9.26 Å². The van der Waals surface area contributed by atoms with Gasteiger partial charge in [0.2, 0.25) is 5.95 Å². The lowest BCUT2D eigenvalue weighted by molar-refractivity contribution is 0.122. The number of aryl methyl sites for hydroxylation is 2. The van der Waals surface area contributed by atoms with Gasteiger partial charge in [-0.15, -0.1) is 11.3 Å². The van der Waals surface area contributed by atoms with Crippen LogP contribution in [0.1, 0.15) is 10.6 Å². The minimum atomic E-state index is 0.696. The third kappa shape index (κ3) is 2.92. The first-order chi connectivity index (χ1) is 11.7. The zero-order valence-electron chi connectivity index (χ0n) is 13.7. The van der Waals surface area contributed by atoms with E-state index in [1.54, 1.807) is 11.3 Å². The molecule has 0 N–H and O–H groups in total. The largest absolute Gasteiger partial charge is 0.378 e. The van der Waals surface area contributed by atoms with Gasteiger partial charge in [-0.1, -0.05) is 5.16 Å². The predicted molar refractivity (Wildman–Crippen MR) is 93.3 cm³/mol. The molecule has 0 bridgehead atoms. The van der Waals surface area contributed by atoms with Crippen molar-refractivity contribution in [2.45, 2.75) is 13.8 Å². The number of hydrogen-bond donors (Lipinski definition) is 0. The summed E-state index contributed by atoms with van der Waals surface area (Å²) in [6.07, 6.45) is 1.84. The second-order valence-corrected chi connectivity index (χ2v) is 7.06. The lowest BCUT2D eigenvalue weighted by Crippen LogP contribution is -2.37. The van der Waals surface area contributed by atoms with E-state index in [2.05, 4.69) is 34.1 Å². The topological polar surface area (TPSA) is 64.3 Å². The molecule has 1 aliphatic rings. The zero-order chi connectivity index (χ0) is 16.5. The molecule has 1 fully saturated rings. The van der Waals surface area contributed by atoms with Crippen LogP contribution in [0.15, 0.2) is 28.9 Å². The van der Waals surface area contributed by atoms with E-state index in [-0.39, 0.29) is 0 Å². The van der Waals surface area contributed by atoms with Crippen molar-refractivity contribution in [3.63, 3.8) is 0 Å². The highest BCUT2D eigenvalue weighted by atomic mass is 32.1. The fourth-order valence-electron chi connectivity index (χ4n) is 2.71. The van der Waals surface area contributed by atoms with Gasteiger partial charge in [-0.2, -0.15) is 0 Å². The van der Waals surface area contributed by atoms with E-state index in [9.17, 15) is 0 Å². The lowest BCUT2D eigenvalue weighted by atomic mass is 10.1. The number of thiophene rings is 1. The molecule has 124 valence electrons. The fraction of sp³-hybridized carbons (Fsp3) is 0.353. The number of hydrogen-bond acceptors (Lipinski definition) is 7. The van der Waals surface area contributed by atoms with Gasteiger partial charge in [-0.05, 0) is 26.0 Å². The molecule has 0 saturated carbocycles. The first kappa shape index (κ1) is 15.3. The van der Waals surface area contributed by atoms with E-state index in [1.807, 2.05) is 19.2 Å². The maximum absolute atomic E-state index is 5.45. The second-order valence-electron chi connectivity index (χ2n) is 5.77. The van der Waals surface area contributed by atoms with E-state index < -0.39 is 0 Å². The summed E-state index contributed by atoms with van der Waals surface area (Å²) in [6.45, 7) is 7.04. The van der Waals surface area contributed by atoms with E-state index >= 15 is 0 Å². The van der Waals surface area contributed by atoms with Crippen LogP contribution in [-0.2, 0) is 4.74 Å². The average molecular weight is 342 g/mol. The highest BCUT2D eigenvalue weighted by Gasteiger charge is 2.20. The molecular formula is C17H18N4O2S. The molecular weight excluding hydrogens is 324 g/mol. The zero-order valence-corrected chi connectivity index (χ0v) is 14.5. The molecule has 0 aromatic carbocycles. The fourth-order valence-corrected chi connectivity index (χ4v) is 3.58. The monoisotopic (exact) mass is 342 g/mol. The average Bonchev–Trinajstić information content (AvgIpc) is 3.24. The van der Waals surface area contributed by atoms with Crippen molar-refractivity contribution in [1.29, 1.82) is 0 Å². The standard InChI is InChI=1S/C17H18N4O2S/c1-11-9-14(23-20-11)13-10-18-17(21-5-7-22-8-6-21)19-16(13)15-4-3-12(2)24-15/h3-4,9-10H,5-8H2,1-2H3. The summed E-state index contributed by atoms with van der Waals surface area (Å²) in [5, 5.41) is 3.99. The van der Waals surface area contributed by atoms with Crippen LogP contribution in [0.2, 0.25) is 0 Å². The molecule has 1 saturated heterocycles. The normalized spacial score (nSPS) is 15.0. The van der Waals surface area contributed by atoms with E-state index in [1.165, 1.54) is 4.88 Å². The molecule has 4 heterocycles. The highest BCUT2D eigenvalue weighted by molar-refractivity contribution is 7.15. The number of aromatic nitrogens is 3. The van der Waals surface area contributed by atoms with Crippen LogP contribution < -0.4 is 4.90 Å². The Kier molecular flexibility index (Phi) is 4.03. The molecule has 1 aliphatic heterocycles. The molecule has 3 aromatic heterocycles. The summed E-state index contributed by atoms with van der Waals surface area (Å²) in [5.41, 5.74) is 2.60. The first-order valence-corrected chi connectivity index (χ1v) is 8.72. The number of rotatable bonds is 3. The van der Waals surface area contributed by atoms with Gasteiger partial charge in [0, 0.05) is 30.2 Å². The van der Waals surface area contributed by atoms with E-state index in [0.717, 1.165) is 40.9 Å². The van der Waals surface area contributed by atoms with E-state index in [0.29, 0.717) is 19.0 Å².